The highest BCUT2D eigenvalue weighted by atomic mass is 35.5. The van der Waals surface area contributed by atoms with E-state index in [2.05, 4.69) is 52.7 Å². The van der Waals surface area contributed by atoms with Crippen LogP contribution in [0.5, 0.6) is 0 Å². The van der Waals surface area contributed by atoms with E-state index >= 15 is 0 Å². The van der Waals surface area contributed by atoms with E-state index in [4.69, 9.17) is 11.6 Å². The van der Waals surface area contributed by atoms with E-state index in [0.29, 0.717) is 6.04 Å². The second-order valence-corrected chi connectivity index (χ2v) is 5.59. The molecular weight excluding hydrogens is 268 g/mol. The average molecular weight is 287 g/mol. The van der Waals surface area contributed by atoms with Crippen LogP contribution in [0, 0.1) is 0 Å². The van der Waals surface area contributed by atoms with Crippen LogP contribution in [-0.2, 0) is 0 Å². The summed E-state index contributed by atoms with van der Waals surface area (Å²) >= 11 is 6.01. The molecule has 1 aliphatic heterocycles. The molecule has 0 saturated carbocycles. The van der Waals surface area contributed by atoms with Crippen LogP contribution < -0.4 is 10.2 Å². The first-order valence-corrected chi connectivity index (χ1v) is 7.50. The van der Waals surface area contributed by atoms with Gasteiger partial charge in [-0.3, -0.25) is 0 Å². The number of halogens is 1. The molecule has 0 spiro atoms. The van der Waals surface area contributed by atoms with Crippen LogP contribution >= 0.6 is 11.6 Å². The Balaban J connectivity index is 1.93. The number of nitrogens with zero attached hydrogens (tertiary/aromatic N) is 1. The fourth-order valence-electron chi connectivity index (χ4n) is 2.79. The van der Waals surface area contributed by atoms with Crippen molar-refractivity contribution in [1.82, 2.24) is 5.32 Å². The Morgan fingerprint density at radius 2 is 1.75 bits per heavy atom. The van der Waals surface area contributed by atoms with Gasteiger partial charge in [-0.15, -0.1) is 0 Å². The van der Waals surface area contributed by atoms with Gasteiger partial charge in [-0.1, -0.05) is 41.9 Å². The summed E-state index contributed by atoms with van der Waals surface area (Å²) in [6.07, 6.45) is 1.17. The van der Waals surface area contributed by atoms with Crippen molar-refractivity contribution in [2.75, 3.05) is 24.5 Å². The van der Waals surface area contributed by atoms with Crippen LogP contribution in [-0.4, -0.2) is 19.6 Å². The molecule has 1 saturated heterocycles. The first-order valence-electron chi connectivity index (χ1n) is 7.12. The molecule has 0 bridgehead atoms. The van der Waals surface area contributed by atoms with Gasteiger partial charge < -0.3 is 10.2 Å². The van der Waals surface area contributed by atoms with Crippen LogP contribution in [0.15, 0.2) is 54.6 Å². The molecule has 0 radical (unpaired) electrons. The van der Waals surface area contributed by atoms with Crippen molar-refractivity contribution in [1.29, 1.82) is 0 Å². The van der Waals surface area contributed by atoms with Gasteiger partial charge in [0.25, 0.3) is 0 Å². The predicted octanol–water partition coefficient (Wildman–Crippen LogP) is 3.88. The molecule has 0 unspecified atom stereocenters. The van der Waals surface area contributed by atoms with Gasteiger partial charge in [0.05, 0.1) is 6.04 Å². The van der Waals surface area contributed by atoms with Crippen molar-refractivity contribution >= 4 is 17.3 Å². The van der Waals surface area contributed by atoms with E-state index in [1.165, 1.54) is 17.7 Å². The molecule has 1 aliphatic rings. The minimum absolute atomic E-state index is 0.358. The molecule has 2 nitrogen and oxygen atoms in total. The fourth-order valence-corrected chi connectivity index (χ4v) is 2.92. The molecule has 1 fully saturated rings. The third-order valence-electron chi connectivity index (χ3n) is 3.81. The van der Waals surface area contributed by atoms with Gasteiger partial charge in [0.2, 0.25) is 0 Å². The molecule has 0 aromatic heterocycles. The van der Waals surface area contributed by atoms with Crippen molar-refractivity contribution in [3.63, 3.8) is 0 Å². The lowest BCUT2D eigenvalue weighted by Crippen LogP contribution is -2.32. The summed E-state index contributed by atoms with van der Waals surface area (Å²) in [5, 5.41) is 4.33. The first-order chi connectivity index (χ1) is 9.84. The van der Waals surface area contributed by atoms with Crippen molar-refractivity contribution in [3.05, 3.63) is 65.2 Å². The Morgan fingerprint density at radius 1 is 1.00 bits per heavy atom. The Kier molecular flexibility index (Phi) is 4.24. The Hall–Kier alpha value is -1.51. The minimum Gasteiger partial charge on any atom is -0.363 e. The maximum Gasteiger partial charge on any atom is 0.0667 e. The summed E-state index contributed by atoms with van der Waals surface area (Å²) < 4.78 is 0. The molecule has 104 valence electrons. The zero-order valence-corrected chi connectivity index (χ0v) is 12.2. The highest BCUT2D eigenvalue weighted by Crippen LogP contribution is 2.28. The molecule has 2 aromatic carbocycles. The zero-order chi connectivity index (χ0) is 13.8. The van der Waals surface area contributed by atoms with Crippen LogP contribution in [0.1, 0.15) is 18.0 Å². The monoisotopic (exact) mass is 286 g/mol. The molecule has 1 N–H and O–H groups in total. The maximum absolute atomic E-state index is 6.01. The number of hydrogen-bond acceptors (Lipinski definition) is 2. The second kappa shape index (κ2) is 6.29. The van der Waals surface area contributed by atoms with Crippen molar-refractivity contribution in [2.45, 2.75) is 12.5 Å². The third kappa shape index (κ3) is 2.97. The van der Waals surface area contributed by atoms with Gasteiger partial charge in [-0.05, 0) is 42.8 Å². The fraction of sp³-hybridized carbons (Fsp3) is 0.294. The Morgan fingerprint density at radius 3 is 2.50 bits per heavy atom. The number of para-hydroxylation sites is 1. The summed E-state index contributed by atoms with van der Waals surface area (Å²) in [5.41, 5.74) is 2.60. The molecule has 0 amide bonds. The van der Waals surface area contributed by atoms with Crippen molar-refractivity contribution < 1.29 is 0 Å². The van der Waals surface area contributed by atoms with Crippen LogP contribution in [0.25, 0.3) is 0 Å². The topological polar surface area (TPSA) is 15.3 Å². The van der Waals surface area contributed by atoms with E-state index in [9.17, 15) is 0 Å². The Labute approximate surface area is 125 Å². The second-order valence-electron chi connectivity index (χ2n) is 5.15. The van der Waals surface area contributed by atoms with Crippen molar-refractivity contribution in [2.24, 2.45) is 0 Å². The number of benzene rings is 2. The molecule has 2 aromatic rings. The Bertz CT molecular complexity index is 539. The average Bonchev–Trinajstić information content (AvgIpc) is 2.75. The van der Waals surface area contributed by atoms with Crippen LogP contribution in [0.2, 0.25) is 5.02 Å². The summed E-state index contributed by atoms with van der Waals surface area (Å²) in [7, 11) is 0. The number of nitrogens with one attached hydrogen (secondary N) is 1. The number of hydrogen-bond donors (Lipinski definition) is 1. The summed E-state index contributed by atoms with van der Waals surface area (Å²) in [6.45, 7) is 3.12. The standard InChI is InChI=1S/C17H19ClN2/c18-15-9-7-14(8-10-15)17-13-19-11-4-12-20(17)16-5-2-1-3-6-16/h1-3,5-10,17,19H,4,11-13H2/t17-/m0/s1. The van der Waals surface area contributed by atoms with E-state index < -0.39 is 0 Å². The van der Waals surface area contributed by atoms with Crippen LogP contribution in [0.4, 0.5) is 5.69 Å². The zero-order valence-electron chi connectivity index (χ0n) is 11.4. The van der Waals surface area contributed by atoms with Gasteiger partial charge in [-0.25, -0.2) is 0 Å². The highest BCUT2D eigenvalue weighted by Gasteiger charge is 2.22. The van der Waals surface area contributed by atoms with E-state index in [1.807, 2.05) is 12.1 Å². The molecule has 20 heavy (non-hydrogen) atoms. The smallest absolute Gasteiger partial charge is 0.0667 e. The third-order valence-corrected chi connectivity index (χ3v) is 4.06. The molecule has 1 atom stereocenters. The maximum atomic E-state index is 6.01. The minimum atomic E-state index is 0.358. The molecule has 0 aliphatic carbocycles. The lowest BCUT2D eigenvalue weighted by molar-refractivity contribution is 0.617. The number of anilines is 1. The van der Waals surface area contributed by atoms with Gasteiger partial charge in [-0.2, -0.15) is 0 Å². The molecule has 3 heteroatoms. The normalized spacial score (nSPS) is 19.6. The van der Waals surface area contributed by atoms with E-state index in [-0.39, 0.29) is 0 Å². The summed E-state index contributed by atoms with van der Waals surface area (Å²) in [4.78, 5) is 2.49. The predicted molar refractivity (Wildman–Crippen MR) is 85.5 cm³/mol. The van der Waals surface area contributed by atoms with Gasteiger partial charge in [0.15, 0.2) is 0 Å². The molecule has 3 rings (SSSR count). The lowest BCUT2D eigenvalue weighted by Gasteiger charge is -2.32. The number of rotatable bonds is 2. The van der Waals surface area contributed by atoms with Gasteiger partial charge >= 0.3 is 0 Å². The van der Waals surface area contributed by atoms with Gasteiger partial charge in [0, 0.05) is 23.8 Å². The highest BCUT2D eigenvalue weighted by molar-refractivity contribution is 6.30. The molecular formula is C17H19ClN2. The summed E-state index contributed by atoms with van der Waals surface area (Å²) in [6, 6.07) is 19.2. The summed E-state index contributed by atoms with van der Waals surface area (Å²) in [5.74, 6) is 0. The molecule has 1 heterocycles. The largest absolute Gasteiger partial charge is 0.363 e. The van der Waals surface area contributed by atoms with E-state index in [0.717, 1.165) is 24.7 Å². The van der Waals surface area contributed by atoms with Crippen molar-refractivity contribution in [3.8, 4) is 0 Å². The lowest BCUT2D eigenvalue weighted by atomic mass is 10.0. The van der Waals surface area contributed by atoms with Crippen LogP contribution in [0.3, 0.4) is 0 Å². The SMILES string of the molecule is Clc1ccc([C@@H]2CNCCCN2c2ccccc2)cc1. The quantitative estimate of drug-likeness (QED) is 0.901. The van der Waals surface area contributed by atoms with Gasteiger partial charge in [0.1, 0.15) is 0 Å². The first kappa shape index (κ1) is 13.5. The van der Waals surface area contributed by atoms with E-state index in [1.54, 1.807) is 0 Å².